The van der Waals surface area contributed by atoms with Crippen molar-refractivity contribution < 1.29 is 27.4 Å². The molecule has 1 aromatic carbocycles. The molecule has 2 saturated heterocycles. The van der Waals surface area contributed by atoms with Gasteiger partial charge in [0.2, 0.25) is 5.91 Å². The van der Waals surface area contributed by atoms with Crippen LogP contribution in [0.25, 0.3) is 0 Å². The van der Waals surface area contributed by atoms with Gasteiger partial charge in [0, 0.05) is 11.8 Å². The Hall–Kier alpha value is -1.76. The van der Waals surface area contributed by atoms with Crippen molar-refractivity contribution in [3.05, 3.63) is 24.3 Å². The Balaban J connectivity index is 1.65. The average molecular weight is 301 g/mol. The highest BCUT2D eigenvalue weighted by Gasteiger charge is 2.44. The van der Waals surface area contributed by atoms with Gasteiger partial charge in [-0.05, 0) is 31.4 Å². The van der Waals surface area contributed by atoms with Gasteiger partial charge in [-0.15, -0.1) is 13.2 Å². The van der Waals surface area contributed by atoms with Crippen LogP contribution in [0.2, 0.25) is 0 Å². The van der Waals surface area contributed by atoms with Crippen molar-refractivity contribution in [2.24, 2.45) is 5.92 Å². The molecule has 3 unspecified atom stereocenters. The molecule has 3 rings (SSSR count). The molecule has 2 bridgehead atoms. The van der Waals surface area contributed by atoms with Gasteiger partial charge in [0.25, 0.3) is 0 Å². The molecule has 2 fully saturated rings. The molecule has 0 radical (unpaired) electrons. The first-order chi connectivity index (χ1) is 9.90. The fraction of sp³-hybridized carbons (Fsp3) is 0.500. The number of nitrogens with one attached hydrogen (secondary N) is 1. The lowest BCUT2D eigenvalue weighted by Gasteiger charge is -2.18. The number of amides is 1. The van der Waals surface area contributed by atoms with Crippen molar-refractivity contribution in [2.45, 2.75) is 37.8 Å². The highest BCUT2D eigenvalue weighted by molar-refractivity contribution is 5.93. The average Bonchev–Trinajstić information content (AvgIpc) is 2.99. The van der Waals surface area contributed by atoms with Crippen LogP contribution >= 0.6 is 0 Å². The van der Waals surface area contributed by atoms with Crippen molar-refractivity contribution >= 4 is 11.6 Å². The Labute approximate surface area is 119 Å². The molecule has 114 valence electrons. The third-order valence-corrected chi connectivity index (χ3v) is 3.78. The molecule has 0 spiro atoms. The molecule has 3 atom stereocenters. The second kappa shape index (κ2) is 5.22. The number of benzene rings is 1. The summed E-state index contributed by atoms with van der Waals surface area (Å²) in [5, 5.41) is 2.63. The first-order valence-electron chi connectivity index (χ1n) is 6.73. The molecule has 4 nitrogen and oxygen atoms in total. The van der Waals surface area contributed by atoms with E-state index < -0.39 is 6.36 Å². The number of rotatable bonds is 3. The van der Waals surface area contributed by atoms with Gasteiger partial charge in [0.05, 0.1) is 18.1 Å². The molecule has 2 aliphatic heterocycles. The monoisotopic (exact) mass is 301 g/mol. The maximum absolute atomic E-state index is 12.2. The first kappa shape index (κ1) is 14.2. The molecule has 0 saturated carbocycles. The van der Waals surface area contributed by atoms with Crippen LogP contribution in [0.5, 0.6) is 5.75 Å². The SMILES string of the molecule is O=C(Nc1cccc(OC(F)(F)F)c1)C1CC2CCC1O2. The number of halogens is 3. The molecule has 0 aromatic heterocycles. The van der Waals surface area contributed by atoms with Gasteiger partial charge < -0.3 is 14.8 Å². The molecule has 1 N–H and O–H groups in total. The number of carbonyl (C=O) groups excluding carboxylic acids is 1. The Morgan fingerprint density at radius 2 is 2.14 bits per heavy atom. The smallest absolute Gasteiger partial charge is 0.406 e. The quantitative estimate of drug-likeness (QED) is 0.933. The minimum Gasteiger partial charge on any atom is -0.406 e. The van der Waals surface area contributed by atoms with Crippen LogP contribution in [-0.4, -0.2) is 24.5 Å². The van der Waals surface area contributed by atoms with E-state index in [4.69, 9.17) is 4.74 Å². The number of fused-ring (bicyclic) bond motifs is 2. The number of anilines is 1. The predicted molar refractivity (Wildman–Crippen MR) is 67.8 cm³/mol. The standard InChI is InChI=1S/C14H14F3NO3/c15-14(16,17)21-10-3-1-2-8(6-10)18-13(19)11-7-9-4-5-12(11)20-9/h1-3,6,9,11-12H,4-5,7H2,(H,18,19). The van der Waals surface area contributed by atoms with Crippen LogP contribution in [-0.2, 0) is 9.53 Å². The lowest BCUT2D eigenvalue weighted by atomic mass is 9.88. The van der Waals surface area contributed by atoms with Gasteiger partial charge in [-0.3, -0.25) is 4.79 Å². The van der Waals surface area contributed by atoms with E-state index in [-0.39, 0.29) is 35.5 Å². The van der Waals surface area contributed by atoms with E-state index in [1.165, 1.54) is 18.2 Å². The van der Waals surface area contributed by atoms with Gasteiger partial charge in [0.15, 0.2) is 0 Å². The molecule has 1 amide bonds. The normalized spacial score (nSPS) is 27.7. The Morgan fingerprint density at radius 1 is 1.33 bits per heavy atom. The van der Waals surface area contributed by atoms with E-state index in [2.05, 4.69) is 10.1 Å². The summed E-state index contributed by atoms with van der Waals surface area (Å²) in [4.78, 5) is 12.1. The van der Waals surface area contributed by atoms with E-state index in [9.17, 15) is 18.0 Å². The zero-order valence-electron chi connectivity index (χ0n) is 11.0. The van der Waals surface area contributed by atoms with Crippen molar-refractivity contribution in [1.82, 2.24) is 0 Å². The van der Waals surface area contributed by atoms with Crippen molar-refractivity contribution in [2.75, 3.05) is 5.32 Å². The van der Waals surface area contributed by atoms with Gasteiger partial charge >= 0.3 is 6.36 Å². The fourth-order valence-electron chi connectivity index (χ4n) is 2.92. The van der Waals surface area contributed by atoms with Gasteiger partial charge in [-0.1, -0.05) is 6.07 Å². The summed E-state index contributed by atoms with van der Waals surface area (Å²) >= 11 is 0. The van der Waals surface area contributed by atoms with Crippen LogP contribution < -0.4 is 10.1 Å². The minimum absolute atomic E-state index is 0.0652. The summed E-state index contributed by atoms with van der Waals surface area (Å²) in [5.74, 6) is -0.799. The topological polar surface area (TPSA) is 47.6 Å². The summed E-state index contributed by atoms with van der Waals surface area (Å²) in [6.45, 7) is 0. The molecular formula is C14H14F3NO3. The van der Waals surface area contributed by atoms with E-state index >= 15 is 0 Å². The molecular weight excluding hydrogens is 287 g/mol. The van der Waals surface area contributed by atoms with E-state index in [0.717, 1.165) is 18.9 Å². The van der Waals surface area contributed by atoms with Crippen LogP contribution in [0.3, 0.4) is 0 Å². The second-order valence-corrected chi connectivity index (χ2v) is 5.28. The van der Waals surface area contributed by atoms with Crippen LogP contribution in [0.4, 0.5) is 18.9 Å². The Morgan fingerprint density at radius 3 is 2.76 bits per heavy atom. The second-order valence-electron chi connectivity index (χ2n) is 5.28. The molecule has 1 aromatic rings. The van der Waals surface area contributed by atoms with Crippen molar-refractivity contribution in [3.8, 4) is 5.75 Å². The molecule has 2 heterocycles. The third-order valence-electron chi connectivity index (χ3n) is 3.78. The highest BCUT2D eigenvalue weighted by Crippen LogP contribution is 2.39. The van der Waals surface area contributed by atoms with Gasteiger partial charge in [-0.25, -0.2) is 0 Å². The summed E-state index contributed by atoms with van der Waals surface area (Å²) in [5.41, 5.74) is 0.282. The lowest BCUT2D eigenvalue weighted by molar-refractivity contribution is -0.274. The summed E-state index contributed by atoms with van der Waals surface area (Å²) in [7, 11) is 0. The maximum Gasteiger partial charge on any atom is 0.573 e. The summed E-state index contributed by atoms with van der Waals surface area (Å²) < 4.78 is 45.9. The van der Waals surface area contributed by atoms with E-state index in [1.807, 2.05) is 0 Å². The molecule has 7 heteroatoms. The van der Waals surface area contributed by atoms with Crippen molar-refractivity contribution in [1.29, 1.82) is 0 Å². The first-order valence-corrected chi connectivity index (χ1v) is 6.73. The van der Waals surface area contributed by atoms with Gasteiger partial charge in [-0.2, -0.15) is 0 Å². The zero-order chi connectivity index (χ0) is 15.0. The number of carbonyl (C=O) groups is 1. The maximum atomic E-state index is 12.2. The Bertz CT molecular complexity index is 547. The number of hydrogen-bond acceptors (Lipinski definition) is 3. The largest absolute Gasteiger partial charge is 0.573 e. The zero-order valence-corrected chi connectivity index (χ0v) is 11.0. The number of hydrogen-bond donors (Lipinski definition) is 1. The van der Waals surface area contributed by atoms with E-state index in [0.29, 0.717) is 6.42 Å². The van der Waals surface area contributed by atoms with Crippen molar-refractivity contribution in [3.63, 3.8) is 0 Å². The third kappa shape index (κ3) is 3.29. The predicted octanol–water partition coefficient (Wildman–Crippen LogP) is 3.09. The van der Waals surface area contributed by atoms with Gasteiger partial charge in [0.1, 0.15) is 5.75 Å². The molecule has 2 aliphatic rings. The van der Waals surface area contributed by atoms with Crippen LogP contribution in [0.1, 0.15) is 19.3 Å². The fourth-order valence-corrected chi connectivity index (χ4v) is 2.92. The number of ether oxygens (including phenoxy) is 2. The van der Waals surface area contributed by atoms with E-state index in [1.54, 1.807) is 0 Å². The highest BCUT2D eigenvalue weighted by atomic mass is 19.4. The lowest BCUT2D eigenvalue weighted by Crippen LogP contribution is -2.30. The molecule has 21 heavy (non-hydrogen) atoms. The van der Waals surface area contributed by atoms with Crippen LogP contribution in [0.15, 0.2) is 24.3 Å². The number of alkyl halides is 3. The Kier molecular flexibility index (Phi) is 3.52. The summed E-state index contributed by atoms with van der Waals surface area (Å²) in [6.07, 6.45) is -2.16. The minimum atomic E-state index is -4.75. The summed E-state index contributed by atoms with van der Waals surface area (Å²) in [6, 6.07) is 5.26. The molecule has 0 aliphatic carbocycles. The van der Waals surface area contributed by atoms with Crippen LogP contribution in [0, 0.1) is 5.92 Å².